The SMILES string of the molecule is CN=C(NCCCn1cccn1)NCc1ccc(N2CC=CC2)cc1.I. The van der Waals surface area contributed by atoms with Crippen LogP contribution in [0.2, 0.25) is 0 Å². The fraction of sp³-hybridized carbons (Fsp3) is 0.368. The number of rotatable bonds is 7. The Morgan fingerprint density at radius 3 is 2.58 bits per heavy atom. The van der Waals surface area contributed by atoms with Crippen LogP contribution in [-0.2, 0) is 13.1 Å². The smallest absolute Gasteiger partial charge is 0.191 e. The van der Waals surface area contributed by atoms with Gasteiger partial charge >= 0.3 is 0 Å². The molecule has 7 heteroatoms. The summed E-state index contributed by atoms with van der Waals surface area (Å²) in [6.07, 6.45) is 9.20. The first-order valence-corrected chi connectivity index (χ1v) is 8.76. The molecule has 3 rings (SSSR count). The molecular weight excluding hydrogens is 439 g/mol. The molecule has 2 N–H and O–H groups in total. The lowest BCUT2D eigenvalue weighted by Crippen LogP contribution is -2.37. The van der Waals surface area contributed by atoms with Crippen molar-refractivity contribution in [1.82, 2.24) is 20.4 Å². The van der Waals surface area contributed by atoms with Crippen LogP contribution in [0.5, 0.6) is 0 Å². The van der Waals surface area contributed by atoms with E-state index in [4.69, 9.17) is 0 Å². The Morgan fingerprint density at radius 2 is 1.92 bits per heavy atom. The third-order valence-corrected chi connectivity index (χ3v) is 4.22. The molecule has 1 aromatic carbocycles. The highest BCUT2D eigenvalue weighted by atomic mass is 127. The summed E-state index contributed by atoms with van der Waals surface area (Å²) in [7, 11) is 1.80. The molecule has 0 fully saturated rings. The van der Waals surface area contributed by atoms with Crippen molar-refractivity contribution in [3.05, 3.63) is 60.4 Å². The number of hydrogen-bond acceptors (Lipinski definition) is 3. The second-order valence-electron chi connectivity index (χ2n) is 6.02. The summed E-state index contributed by atoms with van der Waals surface area (Å²) >= 11 is 0. The molecule has 2 aromatic rings. The van der Waals surface area contributed by atoms with E-state index < -0.39 is 0 Å². The van der Waals surface area contributed by atoms with Crippen molar-refractivity contribution >= 4 is 35.6 Å². The van der Waals surface area contributed by atoms with Gasteiger partial charge in [-0.15, -0.1) is 24.0 Å². The fourth-order valence-corrected chi connectivity index (χ4v) is 2.80. The zero-order valence-electron chi connectivity index (χ0n) is 15.1. The Bertz CT molecular complexity index is 685. The fourth-order valence-electron chi connectivity index (χ4n) is 2.80. The quantitative estimate of drug-likeness (QED) is 0.217. The third kappa shape index (κ3) is 6.05. The first-order chi connectivity index (χ1) is 12.3. The van der Waals surface area contributed by atoms with Gasteiger partial charge in [-0.05, 0) is 30.2 Å². The Kier molecular flexibility index (Phi) is 8.46. The van der Waals surface area contributed by atoms with Gasteiger partial charge in [0.05, 0.1) is 0 Å². The normalized spacial score (nSPS) is 13.6. The highest BCUT2D eigenvalue weighted by molar-refractivity contribution is 14.0. The highest BCUT2D eigenvalue weighted by Crippen LogP contribution is 2.17. The Balaban J connectivity index is 0.00000243. The summed E-state index contributed by atoms with van der Waals surface area (Å²) in [6, 6.07) is 10.7. The summed E-state index contributed by atoms with van der Waals surface area (Å²) < 4.78 is 1.94. The Hall–Kier alpha value is -2.03. The Morgan fingerprint density at radius 1 is 1.15 bits per heavy atom. The van der Waals surface area contributed by atoms with Crippen molar-refractivity contribution in [2.24, 2.45) is 4.99 Å². The van der Waals surface area contributed by atoms with Crippen LogP contribution in [0.1, 0.15) is 12.0 Å². The summed E-state index contributed by atoms with van der Waals surface area (Å²) in [5.74, 6) is 0.827. The van der Waals surface area contributed by atoms with Gasteiger partial charge in [-0.2, -0.15) is 5.10 Å². The zero-order valence-corrected chi connectivity index (χ0v) is 17.5. The van der Waals surface area contributed by atoms with Gasteiger partial charge in [-0.25, -0.2) is 0 Å². The molecule has 0 saturated carbocycles. The van der Waals surface area contributed by atoms with Gasteiger partial charge in [0.2, 0.25) is 0 Å². The zero-order chi connectivity index (χ0) is 17.3. The van der Waals surface area contributed by atoms with Gasteiger partial charge in [-0.3, -0.25) is 9.67 Å². The second-order valence-corrected chi connectivity index (χ2v) is 6.02. The summed E-state index contributed by atoms with van der Waals surface area (Å²) in [4.78, 5) is 6.62. The maximum absolute atomic E-state index is 4.27. The minimum absolute atomic E-state index is 0. The molecule has 1 aliphatic rings. The van der Waals surface area contributed by atoms with E-state index in [9.17, 15) is 0 Å². The maximum Gasteiger partial charge on any atom is 0.191 e. The number of benzene rings is 1. The first-order valence-electron chi connectivity index (χ1n) is 8.76. The number of guanidine groups is 1. The van der Waals surface area contributed by atoms with Gasteiger partial charge in [0.15, 0.2) is 5.96 Å². The minimum Gasteiger partial charge on any atom is -0.364 e. The van der Waals surface area contributed by atoms with Crippen LogP contribution in [-0.4, -0.2) is 42.4 Å². The van der Waals surface area contributed by atoms with Crippen LogP contribution >= 0.6 is 24.0 Å². The van der Waals surface area contributed by atoms with Crippen molar-refractivity contribution < 1.29 is 0 Å². The van der Waals surface area contributed by atoms with E-state index >= 15 is 0 Å². The topological polar surface area (TPSA) is 57.5 Å². The first kappa shape index (κ1) is 20.3. The van der Waals surface area contributed by atoms with E-state index in [2.05, 4.69) is 62.0 Å². The molecule has 0 radical (unpaired) electrons. The number of aryl methyl sites for hydroxylation is 1. The molecule has 0 spiro atoms. The lowest BCUT2D eigenvalue weighted by atomic mass is 10.2. The molecule has 2 heterocycles. The van der Waals surface area contributed by atoms with E-state index in [0.29, 0.717) is 0 Å². The maximum atomic E-state index is 4.27. The van der Waals surface area contributed by atoms with Crippen LogP contribution in [0.4, 0.5) is 5.69 Å². The lowest BCUT2D eigenvalue weighted by Gasteiger charge is -2.18. The molecule has 6 nitrogen and oxygen atoms in total. The largest absolute Gasteiger partial charge is 0.364 e. The van der Waals surface area contributed by atoms with Gasteiger partial charge in [-0.1, -0.05) is 24.3 Å². The predicted octanol–water partition coefficient (Wildman–Crippen LogP) is 2.63. The monoisotopic (exact) mass is 466 g/mol. The molecule has 0 bridgehead atoms. The Labute approximate surface area is 172 Å². The molecule has 0 saturated heterocycles. The molecule has 140 valence electrons. The number of nitrogens with one attached hydrogen (secondary N) is 2. The van der Waals surface area contributed by atoms with Crippen LogP contribution < -0.4 is 15.5 Å². The van der Waals surface area contributed by atoms with Gasteiger partial charge in [0.25, 0.3) is 0 Å². The van der Waals surface area contributed by atoms with E-state index in [0.717, 1.165) is 45.1 Å². The van der Waals surface area contributed by atoms with Gasteiger partial charge < -0.3 is 15.5 Å². The molecule has 1 aliphatic heterocycles. The molecule has 1 aromatic heterocycles. The van der Waals surface area contributed by atoms with E-state index in [1.165, 1.54) is 11.3 Å². The second kappa shape index (κ2) is 10.8. The number of anilines is 1. The molecular formula is C19H27IN6. The summed E-state index contributed by atoms with van der Waals surface area (Å²) in [5, 5.41) is 10.9. The predicted molar refractivity (Wildman–Crippen MR) is 118 cm³/mol. The van der Waals surface area contributed by atoms with Crippen LogP contribution in [0, 0.1) is 0 Å². The average molecular weight is 466 g/mol. The van der Waals surface area contributed by atoms with Crippen molar-refractivity contribution in [1.29, 1.82) is 0 Å². The number of hydrogen-bond donors (Lipinski definition) is 2. The van der Waals surface area contributed by atoms with Crippen molar-refractivity contribution in [3.8, 4) is 0 Å². The summed E-state index contributed by atoms with van der Waals surface area (Å²) in [6.45, 7) is 4.54. The molecule has 0 amide bonds. The van der Waals surface area contributed by atoms with Crippen LogP contribution in [0.15, 0.2) is 59.9 Å². The number of aromatic nitrogens is 2. The van der Waals surface area contributed by atoms with E-state index in [1.54, 1.807) is 13.2 Å². The van der Waals surface area contributed by atoms with Crippen LogP contribution in [0.3, 0.4) is 0 Å². The van der Waals surface area contributed by atoms with E-state index in [1.807, 2.05) is 16.9 Å². The molecule has 0 aliphatic carbocycles. The standard InChI is InChI=1S/C19H26N6.HI/c1-20-19(21-10-4-14-25-15-5-11-23-25)22-16-17-6-8-18(9-7-17)24-12-2-3-13-24;/h2-3,5-9,11,15H,4,10,12-14,16H2,1H3,(H2,20,21,22);1H. The van der Waals surface area contributed by atoms with Gasteiger partial charge in [0, 0.05) is 57.9 Å². The van der Waals surface area contributed by atoms with Gasteiger partial charge in [0.1, 0.15) is 0 Å². The minimum atomic E-state index is 0. The number of aliphatic imine (C=N–C) groups is 1. The van der Waals surface area contributed by atoms with Crippen molar-refractivity contribution in [2.75, 3.05) is 31.6 Å². The molecule has 0 unspecified atom stereocenters. The number of nitrogens with zero attached hydrogens (tertiary/aromatic N) is 4. The molecule has 26 heavy (non-hydrogen) atoms. The van der Waals surface area contributed by atoms with Crippen LogP contribution in [0.25, 0.3) is 0 Å². The van der Waals surface area contributed by atoms with E-state index in [-0.39, 0.29) is 24.0 Å². The average Bonchev–Trinajstić information content (AvgIpc) is 3.35. The van der Waals surface area contributed by atoms with Crippen molar-refractivity contribution in [2.45, 2.75) is 19.5 Å². The summed E-state index contributed by atoms with van der Waals surface area (Å²) in [5.41, 5.74) is 2.52. The molecule has 0 atom stereocenters. The lowest BCUT2D eigenvalue weighted by molar-refractivity contribution is 0.570. The van der Waals surface area contributed by atoms with Crippen molar-refractivity contribution in [3.63, 3.8) is 0 Å². The highest BCUT2D eigenvalue weighted by Gasteiger charge is 2.07. The third-order valence-electron chi connectivity index (χ3n) is 4.22. The number of halogens is 1.